The molecule has 0 heterocycles. The molecule has 0 aromatic heterocycles. The van der Waals surface area contributed by atoms with Gasteiger partial charge in [-0.3, -0.25) is 9.59 Å². The molecule has 2 aromatic rings. The molecule has 5 nitrogen and oxygen atoms in total. The summed E-state index contributed by atoms with van der Waals surface area (Å²) < 4.78 is 5.58. The summed E-state index contributed by atoms with van der Waals surface area (Å²) in [5.41, 5.74) is 8.04. The molecule has 6 heteroatoms. The average Bonchev–Trinajstić information content (AvgIpc) is 2.51. The standard InChI is InChI=1S/C18H19ClN2O3/c1-10-8-11(2)16(15(19)9-10)21-18(23)12(3)24-14-6-4-13(5-7-14)17(20)22/h4-9,12H,1-3H3,(H2,20,22)(H,21,23). The van der Waals surface area contributed by atoms with Crippen LogP contribution in [0.4, 0.5) is 5.69 Å². The van der Waals surface area contributed by atoms with E-state index in [2.05, 4.69) is 5.32 Å². The molecule has 0 aliphatic carbocycles. The minimum atomic E-state index is -0.735. The first kappa shape index (κ1) is 17.8. The Morgan fingerprint density at radius 1 is 1.17 bits per heavy atom. The maximum Gasteiger partial charge on any atom is 0.265 e. The lowest BCUT2D eigenvalue weighted by Gasteiger charge is -2.17. The quantitative estimate of drug-likeness (QED) is 0.869. The molecule has 0 aliphatic rings. The number of nitrogens with two attached hydrogens (primary N) is 1. The van der Waals surface area contributed by atoms with Crippen LogP contribution in [-0.2, 0) is 4.79 Å². The summed E-state index contributed by atoms with van der Waals surface area (Å²) in [4.78, 5) is 23.4. The number of anilines is 1. The van der Waals surface area contributed by atoms with Crippen molar-refractivity contribution in [3.05, 3.63) is 58.1 Å². The molecule has 3 N–H and O–H groups in total. The van der Waals surface area contributed by atoms with Crippen molar-refractivity contribution >= 4 is 29.1 Å². The predicted molar refractivity (Wildman–Crippen MR) is 94.6 cm³/mol. The van der Waals surface area contributed by atoms with Crippen LogP contribution in [-0.4, -0.2) is 17.9 Å². The van der Waals surface area contributed by atoms with E-state index in [1.54, 1.807) is 37.3 Å². The van der Waals surface area contributed by atoms with E-state index >= 15 is 0 Å². The first-order valence-corrected chi connectivity index (χ1v) is 7.80. The zero-order chi connectivity index (χ0) is 17.9. The third kappa shape index (κ3) is 4.26. The van der Waals surface area contributed by atoms with Gasteiger partial charge in [-0.15, -0.1) is 0 Å². The summed E-state index contributed by atoms with van der Waals surface area (Å²) in [5, 5.41) is 3.27. The van der Waals surface area contributed by atoms with Gasteiger partial charge < -0.3 is 15.8 Å². The number of hydrogen-bond acceptors (Lipinski definition) is 3. The number of benzene rings is 2. The van der Waals surface area contributed by atoms with Crippen LogP contribution in [0.2, 0.25) is 5.02 Å². The molecule has 2 aromatic carbocycles. The van der Waals surface area contributed by atoms with Crippen molar-refractivity contribution in [2.24, 2.45) is 5.73 Å². The van der Waals surface area contributed by atoms with Crippen LogP contribution >= 0.6 is 11.6 Å². The van der Waals surface area contributed by atoms with Gasteiger partial charge in [0.05, 0.1) is 10.7 Å². The van der Waals surface area contributed by atoms with Gasteiger partial charge in [0.2, 0.25) is 5.91 Å². The maximum atomic E-state index is 12.3. The Labute approximate surface area is 145 Å². The topological polar surface area (TPSA) is 81.4 Å². The van der Waals surface area contributed by atoms with Gasteiger partial charge in [0.15, 0.2) is 6.10 Å². The molecular weight excluding hydrogens is 328 g/mol. The van der Waals surface area contributed by atoms with Crippen LogP contribution in [0, 0.1) is 13.8 Å². The SMILES string of the molecule is Cc1cc(C)c(NC(=O)C(C)Oc2ccc(C(N)=O)cc2)c(Cl)c1. The molecule has 1 unspecified atom stereocenters. The van der Waals surface area contributed by atoms with Crippen LogP contribution < -0.4 is 15.8 Å². The lowest BCUT2D eigenvalue weighted by atomic mass is 10.1. The highest BCUT2D eigenvalue weighted by atomic mass is 35.5. The Morgan fingerprint density at radius 3 is 2.33 bits per heavy atom. The summed E-state index contributed by atoms with van der Waals surface area (Å²) in [7, 11) is 0. The summed E-state index contributed by atoms with van der Waals surface area (Å²) in [6.07, 6.45) is -0.735. The van der Waals surface area contributed by atoms with E-state index in [1.807, 2.05) is 19.9 Å². The number of amides is 2. The summed E-state index contributed by atoms with van der Waals surface area (Å²) >= 11 is 6.19. The summed E-state index contributed by atoms with van der Waals surface area (Å²) in [6, 6.07) is 10.0. The average molecular weight is 347 g/mol. The van der Waals surface area contributed by atoms with Crippen molar-refractivity contribution in [3.8, 4) is 5.75 Å². The third-order valence-corrected chi connectivity index (χ3v) is 3.80. The zero-order valence-corrected chi connectivity index (χ0v) is 14.5. The number of aryl methyl sites for hydroxylation is 2. The van der Waals surface area contributed by atoms with E-state index in [1.165, 1.54) is 0 Å². The van der Waals surface area contributed by atoms with Gasteiger partial charge in [-0.2, -0.15) is 0 Å². The number of ether oxygens (including phenoxy) is 1. The van der Waals surface area contributed by atoms with Gasteiger partial charge >= 0.3 is 0 Å². The number of carbonyl (C=O) groups excluding carboxylic acids is 2. The van der Waals surface area contributed by atoms with Crippen LogP contribution in [0.15, 0.2) is 36.4 Å². The van der Waals surface area contributed by atoms with Crippen molar-refractivity contribution in [1.82, 2.24) is 0 Å². The first-order chi connectivity index (χ1) is 11.3. The monoisotopic (exact) mass is 346 g/mol. The van der Waals surface area contributed by atoms with Crippen LogP contribution in [0.5, 0.6) is 5.75 Å². The smallest absolute Gasteiger partial charge is 0.265 e. The number of nitrogens with one attached hydrogen (secondary N) is 1. The van der Waals surface area contributed by atoms with E-state index in [4.69, 9.17) is 22.1 Å². The fraction of sp³-hybridized carbons (Fsp3) is 0.222. The Bertz CT molecular complexity index is 749. The van der Waals surface area contributed by atoms with Crippen molar-refractivity contribution in [2.75, 3.05) is 5.32 Å². The minimum Gasteiger partial charge on any atom is -0.481 e. The second kappa shape index (κ2) is 7.36. The molecule has 126 valence electrons. The molecule has 0 aliphatic heterocycles. The van der Waals surface area contributed by atoms with E-state index in [0.717, 1.165) is 11.1 Å². The Balaban J connectivity index is 2.06. The third-order valence-electron chi connectivity index (χ3n) is 3.50. The number of carbonyl (C=O) groups is 2. The van der Waals surface area contributed by atoms with E-state index < -0.39 is 12.0 Å². The molecule has 0 saturated heterocycles. The molecule has 0 radical (unpaired) electrons. The van der Waals surface area contributed by atoms with Crippen molar-refractivity contribution in [1.29, 1.82) is 0 Å². The van der Waals surface area contributed by atoms with Crippen molar-refractivity contribution in [2.45, 2.75) is 26.9 Å². The van der Waals surface area contributed by atoms with E-state index in [0.29, 0.717) is 22.0 Å². The van der Waals surface area contributed by atoms with Gasteiger partial charge in [0, 0.05) is 5.56 Å². The number of rotatable bonds is 5. The molecule has 0 saturated carbocycles. The molecule has 2 amide bonds. The van der Waals surface area contributed by atoms with Gasteiger partial charge in [-0.25, -0.2) is 0 Å². The molecule has 0 fully saturated rings. The second-order valence-electron chi connectivity index (χ2n) is 5.58. The van der Waals surface area contributed by atoms with Crippen molar-refractivity contribution in [3.63, 3.8) is 0 Å². The maximum absolute atomic E-state index is 12.3. The van der Waals surface area contributed by atoms with Crippen LogP contribution in [0.1, 0.15) is 28.4 Å². The number of halogens is 1. The lowest BCUT2D eigenvalue weighted by Crippen LogP contribution is -2.30. The normalized spacial score (nSPS) is 11.7. The van der Waals surface area contributed by atoms with Gasteiger partial charge in [0.25, 0.3) is 5.91 Å². The fourth-order valence-electron chi connectivity index (χ4n) is 2.25. The van der Waals surface area contributed by atoms with Crippen LogP contribution in [0.3, 0.4) is 0 Å². The highest BCUT2D eigenvalue weighted by Crippen LogP contribution is 2.27. The molecule has 0 bridgehead atoms. The van der Waals surface area contributed by atoms with E-state index in [9.17, 15) is 9.59 Å². The lowest BCUT2D eigenvalue weighted by molar-refractivity contribution is -0.122. The molecular formula is C18H19ClN2O3. The van der Waals surface area contributed by atoms with Gasteiger partial charge in [-0.1, -0.05) is 17.7 Å². The molecule has 24 heavy (non-hydrogen) atoms. The molecule has 0 spiro atoms. The number of primary amides is 1. The zero-order valence-electron chi connectivity index (χ0n) is 13.7. The summed E-state index contributed by atoms with van der Waals surface area (Å²) in [6.45, 7) is 5.45. The molecule has 1 atom stereocenters. The summed E-state index contributed by atoms with van der Waals surface area (Å²) in [5.74, 6) is -0.367. The largest absolute Gasteiger partial charge is 0.481 e. The first-order valence-electron chi connectivity index (χ1n) is 7.42. The molecule has 2 rings (SSSR count). The minimum absolute atomic E-state index is 0.317. The van der Waals surface area contributed by atoms with Gasteiger partial charge in [-0.05, 0) is 62.2 Å². The number of hydrogen-bond donors (Lipinski definition) is 2. The Hall–Kier alpha value is -2.53. The van der Waals surface area contributed by atoms with Gasteiger partial charge in [0.1, 0.15) is 5.75 Å². The highest BCUT2D eigenvalue weighted by Gasteiger charge is 2.17. The Kier molecular flexibility index (Phi) is 5.46. The highest BCUT2D eigenvalue weighted by molar-refractivity contribution is 6.34. The predicted octanol–water partition coefficient (Wildman–Crippen LogP) is 3.46. The van der Waals surface area contributed by atoms with Crippen molar-refractivity contribution < 1.29 is 14.3 Å². The van der Waals surface area contributed by atoms with E-state index in [-0.39, 0.29) is 5.91 Å². The second-order valence-corrected chi connectivity index (χ2v) is 5.98. The fourth-order valence-corrected chi connectivity index (χ4v) is 2.62. The van der Waals surface area contributed by atoms with Crippen LogP contribution in [0.25, 0.3) is 0 Å². The Morgan fingerprint density at radius 2 is 1.79 bits per heavy atom.